The Hall–Kier alpha value is -1.36. The van der Waals surface area contributed by atoms with Gasteiger partial charge < -0.3 is 14.4 Å². The van der Waals surface area contributed by atoms with Gasteiger partial charge in [-0.3, -0.25) is 4.79 Å². The molecule has 1 aliphatic heterocycles. The van der Waals surface area contributed by atoms with Gasteiger partial charge in [0, 0.05) is 36.8 Å². The number of rotatable bonds is 4. The molecule has 1 aliphatic carbocycles. The number of aromatic nitrogens is 1. The van der Waals surface area contributed by atoms with Crippen molar-refractivity contribution in [2.45, 2.75) is 89.7 Å². The molecule has 1 saturated carbocycles. The molecule has 2 heterocycles. The molecular weight excluding hydrogens is 316 g/mol. The van der Waals surface area contributed by atoms with E-state index in [2.05, 4.69) is 25.8 Å². The quantitative estimate of drug-likeness (QED) is 0.905. The van der Waals surface area contributed by atoms with Gasteiger partial charge in [-0.25, -0.2) is 4.98 Å². The Morgan fingerprint density at radius 2 is 2.04 bits per heavy atom. The molecule has 3 atom stereocenters. The molecule has 0 radical (unpaired) electrons. The van der Waals surface area contributed by atoms with Crippen LogP contribution in [0, 0.1) is 5.92 Å². The summed E-state index contributed by atoms with van der Waals surface area (Å²) in [5.41, 5.74) is -0.0631. The first-order valence-corrected chi connectivity index (χ1v) is 9.79. The van der Waals surface area contributed by atoms with Crippen LogP contribution in [0.1, 0.15) is 77.4 Å². The van der Waals surface area contributed by atoms with Crippen molar-refractivity contribution in [2.24, 2.45) is 5.92 Å². The van der Waals surface area contributed by atoms with Crippen LogP contribution in [0.4, 0.5) is 0 Å². The summed E-state index contributed by atoms with van der Waals surface area (Å²) in [6.45, 7) is 7.10. The lowest BCUT2D eigenvalue weighted by Gasteiger charge is -2.37. The summed E-state index contributed by atoms with van der Waals surface area (Å²) < 4.78 is 5.80. The van der Waals surface area contributed by atoms with Gasteiger partial charge in [-0.1, -0.05) is 33.6 Å². The highest BCUT2D eigenvalue weighted by atomic mass is 16.4. The lowest BCUT2D eigenvalue weighted by Crippen LogP contribution is -2.45. The number of hydrogen-bond donors (Lipinski definition) is 1. The molecule has 0 bridgehead atoms. The van der Waals surface area contributed by atoms with Gasteiger partial charge in [-0.15, -0.1) is 0 Å². The minimum absolute atomic E-state index is 0.0631. The molecule has 1 aromatic rings. The number of oxazole rings is 1. The second-order valence-corrected chi connectivity index (χ2v) is 8.68. The molecule has 0 spiro atoms. The average molecular weight is 348 g/mol. The first-order valence-electron chi connectivity index (χ1n) is 9.79. The summed E-state index contributed by atoms with van der Waals surface area (Å²) >= 11 is 0. The van der Waals surface area contributed by atoms with Crippen molar-refractivity contribution >= 4 is 5.91 Å². The van der Waals surface area contributed by atoms with E-state index in [9.17, 15) is 9.90 Å². The molecule has 0 aromatic carbocycles. The van der Waals surface area contributed by atoms with Gasteiger partial charge in [0.25, 0.3) is 0 Å². The number of aryl methyl sites for hydroxylation is 1. The van der Waals surface area contributed by atoms with E-state index in [0.717, 1.165) is 44.4 Å². The Morgan fingerprint density at radius 1 is 1.28 bits per heavy atom. The molecule has 5 nitrogen and oxygen atoms in total. The van der Waals surface area contributed by atoms with Crippen LogP contribution >= 0.6 is 0 Å². The molecule has 1 saturated heterocycles. The Balaban J connectivity index is 1.57. The van der Waals surface area contributed by atoms with Crippen molar-refractivity contribution in [3.8, 4) is 0 Å². The molecule has 1 N–H and O–H groups in total. The summed E-state index contributed by atoms with van der Waals surface area (Å²) in [5.74, 6) is 1.94. The fourth-order valence-electron chi connectivity index (χ4n) is 4.27. The van der Waals surface area contributed by atoms with E-state index in [0.29, 0.717) is 18.7 Å². The monoisotopic (exact) mass is 348 g/mol. The lowest BCUT2D eigenvalue weighted by molar-refractivity contribution is -0.134. The van der Waals surface area contributed by atoms with Crippen molar-refractivity contribution in [1.29, 1.82) is 0 Å². The summed E-state index contributed by atoms with van der Waals surface area (Å²) in [6, 6.07) is 0.220. The van der Waals surface area contributed by atoms with Gasteiger partial charge in [0.15, 0.2) is 5.89 Å². The number of likely N-dealkylation sites (tertiary alicyclic amines) is 1. The van der Waals surface area contributed by atoms with Gasteiger partial charge in [-0.05, 0) is 25.7 Å². The van der Waals surface area contributed by atoms with Crippen LogP contribution in [-0.2, 0) is 16.6 Å². The first-order chi connectivity index (χ1) is 11.9. The van der Waals surface area contributed by atoms with Gasteiger partial charge in [0.1, 0.15) is 5.76 Å². The first kappa shape index (κ1) is 18.4. The fourth-order valence-corrected chi connectivity index (χ4v) is 4.27. The Morgan fingerprint density at radius 3 is 2.72 bits per heavy atom. The van der Waals surface area contributed by atoms with Gasteiger partial charge in [0.05, 0.1) is 12.3 Å². The second-order valence-electron chi connectivity index (χ2n) is 8.68. The molecule has 3 rings (SSSR count). The number of aliphatic hydroxyl groups is 1. The Kier molecular flexibility index (Phi) is 5.52. The molecule has 5 heteroatoms. The molecule has 2 fully saturated rings. The third kappa shape index (κ3) is 4.25. The topological polar surface area (TPSA) is 66.6 Å². The van der Waals surface area contributed by atoms with Crippen molar-refractivity contribution in [3.05, 3.63) is 17.8 Å². The van der Waals surface area contributed by atoms with Crippen LogP contribution in [0.3, 0.4) is 0 Å². The van der Waals surface area contributed by atoms with Crippen LogP contribution < -0.4 is 0 Å². The summed E-state index contributed by atoms with van der Waals surface area (Å²) in [4.78, 5) is 19.1. The van der Waals surface area contributed by atoms with Gasteiger partial charge in [-0.2, -0.15) is 0 Å². The van der Waals surface area contributed by atoms with Crippen LogP contribution in [0.2, 0.25) is 0 Å². The van der Waals surface area contributed by atoms with E-state index in [-0.39, 0.29) is 29.4 Å². The molecular formula is C20H32N2O3. The maximum atomic E-state index is 12.8. The zero-order valence-corrected chi connectivity index (χ0v) is 15.8. The number of carbonyl (C=O) groups excluding carboxylic acids is 1. The standard InChI is InChI=1S/C20H32N2O3/c1-20(2,3)17-13-21-18(25-17)10-11-19(24)22-12-6-8-15(22)14-7-4-5-9-16(14)23/h13-16,23H,4-12H2,1-3H3/t14-,15+,16-/m0/s1. The number of hydrogen-bond acceptors (Lipinski definition) is 4. The minimum Gasteiger partial charge on any atom is -0.445 e. The van der Waals surface area contributed by atoms with E-state index in [1.807, 2.05) is 4.90 Å². The summed E-state index contributed by atoms with van der Waals surface area (Å²) in [7, 11) is 0. The molecule has 1 amide bonds. The molecule has 1 aromatic heterocycles. The highest BCUT2D eigenvalue weighted by Crippen LogP contribution is 2.35. The van der Waals surface area contributed by atoms with E-state index in [1.165, 1.54) is 6.42 Å². The van der Waals surface area contributed by atoms with Gasteiger partial charge in [0.2, 0.25) is 5.91 Å². The van der Waals surface area contributed by atoms with E-state index >= 15 is 0 Å². The van der Waals surface area contributed by atoms with E-state index < -0.39 is 0 Å². The van der Waals surface area contributed by atoms with E-state index in [1.54, 1.807) is 6.20 Å². The second kappa shape index (κ2) is 7.48. The number of carbonyl (C=O) groups is 1. The maximum Gasteiger partial charge on any atom is 0.223 e. The van der Waals surface area contributed by atoms with Crippen molar-refractivity contribution in [3.63, 3.8) is 0 Å². The molecule has 0 unspecified atom stereocenters. The number of amides is 1. The molecule has 2 aliphatic rings. The number of aliphatic hydroxyl groups excluding tert-OH is 1. The Labute approximate surface area is 150 Å². The predicted octanol–water partition coefficient (Wildman–Crippen LogP) is 3.45. The van der Waals surface area contributed by atoms with E-state index in [4.69, 9.17) is 4.42 Å². The predicted molar refractivity (Wildman–Crippen MR) is 96.2 cm³/mol. The summed E-state index contributed by atoms with van der Waals surface area (Å²) in [6.07, 6.45) is 8.80. The number of nitrogens with zero attached hydrogens (tertiary/aromatic N) is 2. The largest absolute Gasteiger partial charge is 0.445 e. The summed E-state index contributed by atoms with van der Waals surface area (Å²) in [5, 5.41) is 10.4. The van der Waals surface area contributed by atoms with Crippen molar-refractivity contribution in [1.82, 2.24) is 9.88 Å². The van der Waals surface area contributed by atoms with Crippen LogP contribution in [0.5, 0.6) is 0 Å². The fraction of sp³-hybridized carbons (Fsp3) is 0.800. The normalized spacial score (nSPS) is 27.7. The minimum atomic E-state index is -0.242. The third-order valence-electron chi connectivity index (χ3n) is 5.74. The van der Waals surface area contributed by atoms with Crippen LogP contribution in [0.15, 0.2) is 10.6 Å². The molecule has 25 heavy (non-hydrogen) atoms. The van der Waals surface area contributed by atoms with Crippen LogP contribution in [-0.4, -0.2) is 39.6 Å². The highest BCUT2D eigenvalue weighted by molar-refractivity contribution is 5.77. The molecule has 140 valence electrons. The van der Waals surface area contributed by atoms with Crippen molar-refractivity contribution in [2.75, 3.05) is 6.54 Å². The smallest absolute Gasteiger partial charge is 0.223 e. The van der Waals surface area contributed by atoms with Gasteiger partial charge >= 0.3 is 0 Å². The zero-order chi connectivity index (χ0) is 18.0. The highest BCUT2D eigenvalue weighted by Gasteiger charge is 2.38. The average Bonchev–Trinajstić information content (AvgIpc) is 3.22. The third-order valence-corrected chi connectivity index (χ3v) is 5.74. The zero-order valence-electron chi connectivity index (χ0n) is 15.8. The maximum absolute atomic E-state index is 12.8. The van der Waals surface area contributed by atoms with Crippen molar-refractivity contribution < 1.29 is 14.3 Å². The Bertz CT molecular complexity index is 590. The lowest BCUT2D eigenvalue weighted by atomic mass is 9.80. The SMILES string of the molecule is CC(C)(C)c1cnc(CCC(=O)N2CCC[C@@H]2[C@@H]2CCCC[C@@H]2O)o1. The van der Waals surface area contributed by atoms with Crippen LogP contribution in [0.25, 0.3) is 0 Å².